The van der Waals surface area contributed by atoms with E-state index in [1.807, 2.05) is 0 Å². The molecule has 0 radical (unpaired) electrons. The van der Waals surface area contributed by atoms with E-state index in [-0.39, 0.29) is 0 Å². The van der Waals surface area contributed by atoms with Gasteiger partial charge in [-0.05, 0) is 36.8 Å². The van der Waals surface area contributed by atoms with Gasteiger partial charge in [0, 0.05) is 0 Å². The fourth-order valence-corrected chi connectivity index (χ4v) is 1.79. The van der Waals surface area contributed by atoms with Crippen LogP contribution in [0.4, 0.5) is 0 Å². The van der Waals surface area contributed by atoms with Crippen LogP contribution in [0, 0.1) is 5.92 Å². The van der Waals surface area contributed by atoms with Crippen LogP contribution in [0.5, 0.6) is 0 Å². The number of aryl methyl sites for hydroxylation is 1. The van der Waals surface area contributed by atoms with Gasteiger partial charge in [0.15, 0.2) is 0 Å². The monoisotopic (exact) mass is 205 g/mol. The highest BCUT2D eigenvalue weighted by molar-refractivity contribution is 5.10. The molecular formula is C11H15N3O. The van der Waals surface area contributed by atoms with Gasteiger partial charge in [0.25, 0.3) is 0 Å². The average molecular weight is 205 g/mol. The molecule has 0 aliphatic heterocycles. The van der Waals surface area contributed by atoms with Crippen molar-refractivity contribution in [2.75, 3.05) is 0 Å². The number of rotatable bonds is 4. The number of hydrogen-bond donors (Lipinski definition) is 1. The van der Waals surface area contributed by atoms with Crippen molar-refractivity contribution >= 4 is 0 Å². The lowest BCUT2D eigenvalue weighted by Gasteiger charge is -2.11. The lowest BCUT2D eigenvalue weighted by atomic mass is 9.95. The summed E-state index contributed by atoms with van der Waals surface area (Å²) in [5.41, 5.74) is 0.854. The first-order valence-electron chi connectivity index (χ1n) is 5.28. The first-order chi connectivity index (χ1) is 7.34. The van der Waals surface area contributed by atoms with Crippen LogP contribution in [0.3, 0.4) is 0 Å². The molecule has 2 rings (SSSR count). The molecule has 0 spiro atoms. The zero-order valence-electron chi connectivity index (χ0n) is 8.58. The van der Waals surface area contributed by atoms with Crippen LogP contribution in [-0.4, -0.2) is 20.4 Å². The molecule has 4 heteroatoms. The Labute approximate surface area is 88.9 Å². The molecule has 15 heavy (non-hydrogen) atoms. The SMILES string of the molecule is On1cc(CCCC2C=CC=CC2)nn1. The van der Waals surface area contributed by atoms with Crippen molar-refractivity contribution < 1.29 is 5.21 Å². The van der Waals surface area contributed by atoms with Crippen LogP contribution in [0.1, 0.15) is 25.0 Å². The number of nitrogens with zero attached hydrogens (tertiary/aromatic N) is 3. The molecule has 0 fully saturated rings. The third-order valence-electron chi connectivity index (χ3n) is 2.61. The normalized spacial score (nSPS) is 19.6. The van der Waals surface area contributed by atoms with Crippen molar-refractivity contribution in [2.24, 2.45) is 5.92 Å². The summed E-state index contributed by atoms with van der Waals surface area (Å²) in [5, 5.41) is 16.2. The minimum atomic E-state index is 0.666. The van der Waals surface area contributed by atoms with E-state index in [1.165, 1.54) is 6.42 Å². The lowest BCUT2D eigenvalue weighted by Crippen LogP contribution is -1.98. The highest BCUT2D eigenvalue weighted by atomic mass is 16.5. The number of allylic oxidation sites excluding steroid dienone is 4. The largest absolute Gasteiger partial charge is 0.411 e. The van der Waals surface area contributed by atoms with Gasteiger partial charge in [0.1, 0.15) is 0 Å². The van der Waals surface area contributed by atoms with E-state index in [2.05, 4.69) is 34.6 Å². The maximum absolute atomic E-state index is 8.92. The van der Waals surface area contributed by atoms with Gasteiger partial charge >= 0.3 is 0 Å². The first-order valence-corrected chi connectivity index (χ1v) is 5.28. The minimum absolute atomic E-state index is 0.666. The maximum Gasteiger partial charge on any atom is 0.0900 e. The molecule has 0 amide bonds. The van der Waals surface area contributed by atoms with Gasteiger partial charge in [-0.2, -0.15) is 0 Å². The van der Waals surface area contributed by atoms with Gasteiger partial charge in [0.2, 0.25) is 0 Å². The van der Waals surface area contributed by atoms with Crippen molar-refractivity contribution in [1.82, 2.24) is 15.2 Å². The van der Waals surface area contributed by atoms with Gasteiger partial charge in [0.05, 0.1) is 11.9 Å². The number of aromatic nitrogens is 3. The van der Waals surface area contributed by atoms with E-state index in [0.717, 1.165) is 29.8 Å². The molecule has 0 bridgehead atoms. The first kappa shape index (κ1) is 9.96. The second kappa shape index (κ2) is 4.77. The third kappa shape index (κ3) is 2.94. The molecule has 1 N–H and O–H groups in total. The molecule has 1 heterocycles. The topological polar surface area (TPSA) is 50.9 Å². The number of hydrogen-bond acceptors (Lipinski definition) is 3. The van der Waals surface area contributed by atoms with Crippen molar-refractivity contribution in [1.29, 1.82) is 0 Å². The van der Waals surface area contributed by atoms with Gasteiger partial charge in [-0.3, -0.25) is 0 Å². The summed E-state index contributed by atoms with van der Waals surface area (Å²) in [6.45, 7) is 0. The Morgan fingerprint density at radius 3 is 3.07 bits per heavy atom. The second-order valence-corrected chi connectivity index (χ2v) is 3.83. The van der Waals surface area contributed by atoms with Crippen LogP contribution in [0.15, 0.2) is 30.5 Å². The highest BCUT2D eigenvalue weighted by Crippen LogP contribution is 2.18. The summed E-state index contributed by atoms with van der Waals surface area (Å²) >= 11 is 0. The minimum Gasteiger partial charge on any atom is -0.411 e. The molecule has 0 aromatic carbocycles. The van der Waals surface area contributed by atoms with Crippen LogP contribution >= 0.6 is 0 Å². The van der Waals surface area contributed by atoms with Crippen molar-refractivity contribution in [3.63, 3.8) is 0 Å². The standard InChI is InChI=1S/C11H15N3O/c15-14-9-11(12-13-14)8-4-7-10-5-2-1-3-6-10/h1-3,5,9-10,15H,4,6-8H2. The Hall–Kier alpha value is -1.58. The Bertz CT molecular complexity index is 368. The fraction of sp³-hybridized carbons (Fsp3) is 0.455. The highest BCUT2D eigenvalue weighted by Gasteiger charge is 2.06. The molecule has 4 nitrogen and oxygen atoms in total. The van der Waals surface area contributed by atoms with Crippen molar-refractivity contribution in [3.8, 4) is 0 Å². The van der Waals surface area contributed by atoms with E-state index >= 15 is 0 Å². The van der Waals surface area contributed by atoms with Crippen LogP contribution in [-0.2, 0) is 6.42 Å². The van der Waals surface area contributed by atoms with Gasteiger partial charge in [-0.25, -0.2) is 0 Å². The van der Waals surface area contributed by atoms with Crippen molar-refractivity contribution in [2.45, 2.75) is 25.7 Å². The third-order valence-corrected chi connectivity index (χ3v) is 2.61. The smallest absolute Gasteiger partial charge is 0.0900 e. The van der Waals surface area contributed by atoms with E-state index in [1.54, 1.807) is 6.20 Å². The predicted molar refractivity (Wildman–Crippen MR) is 56.5 cm³/mol. The Kier molecular flexibility index (Phi) is 3.17. The van der Waals surface area contributed by atoms with E-state index in [4.69, 9.17) is 5.21 Å². The zero-order chi connectivity index (χ0) is 10.5. The predicted octanol–water partition coefficient (Wildman–Crippen LogP) is 1.97. The molecule has 1 atom stereocenters. The molecule has 1 aliphatic rings. The average Bonchev–Trinajstić information content (AvgIpc) is 2.66. The molecule has 1 unspecified atom stereocenters. The second-order valence-electron chi connectivity index (χ2n) is 3.83. The Balaban J connectivity index is 1.71. The van der Waals surface area contributed by atoms with Gasteiger partial charge < -0.3 is 5.21 Å². The quantitative estimate of drug-likeness (QED) is 0.764. The molecule has 0 saturated heterocycles. The maximum atomic E-state index is 8.92. The summed E-state index contributed by atoms with van der Waals surface area (Å²) in [6, 6.07) is 0. The molecule has 1 aliphatic carbocycles. The summed E-state index contributed by atoms with van der Waals surface area (Å²) in [4.78, 5) is 0.762. The van der Waals surface area contributed by atoms with E-state index in [9.17, 15) is 0 Å². The van der Waals surface area contributed by atoms with Crippen LogP contribution < -0.4 is 0 Å². The summed E-state index contributed by atoms with van der Waals surface area (Å²) < 4.78 is 0. The molecule has 80 valence electrons. The summed E-state index contributed by atoms with van der Waals surface area (Å²) in [6.07, 6.45) is 14.5. The van der Waals surface area contributed by atoms with Crippen molar-refractivity contribution in [3.05, 3.63) is 36.2 Å². The Morgan fingerprint density at radius 2 is 2.40 bits per heavy atom. The summed E-state index contributed by atoms with van der Waals surface area (Å²) in [7, 11) is 0. The Morgan fingerprint density at radius 1 is 1.47 bits per heavy atom. The fourth-order valence-electron chi connectivity index (χ4n) is 1.79. The molecule has 1 aromatic rings. The lowest BCUT2D eigenvalue weighted by molar-refractivity contribution is 0.143. The van der Waals surface area contributed by atoms with Gasteiger partial charge in [-0.1, -0.05) is 29.1 Å². The summed E-state index contributed by atoms with van der Waals surface area (Å²) in [5.74, 6) is 0.666. The van der Waals surface area contributed by atoms with Gasteiger partial charge in [-0.15, -0.1) is 5.10 Å². The molecular weight excluding hydrogens is 190 g/mol. The zero-order valence-corrected chi connectivity index (χ0v) is 8.58. The van der Waals surface area contributed by atoms with Crippen LogP contribution in [0.25, 0.3) is 0 Å². The molecule has 1 aromatic heterocycles. The molecule has 0 saturated carbocycles. The van der Waals surface area contributed by atoms with E-state index < -0.39 is 0 Å². The van der Waals surface area contributed by atoms with Crippen LogP contribution in [0.2, 0.25) is 0 Å². The van der Waals surface area contributed by atoms with E-state index in [0.29, 0.717) is 5.92 Å².